The number of benzene rings is 2. The van der Waals surface area contributed by atoms with Crippen LogP contribution in [0.25, 0.3) is 0 Å². The van der Waals surface area contributed by atoms with Crippen LogP contribution in [0.4, 0.5) is 5.69 Å². The number of hydrogen-bond acceptors (Lipinski definition) is 4. The Kier molecular flexibility index (Phi) is 6.22. The van der Waals surface area contributed by atoms with Crippen molar-refractivity contribution in [2.24, 2.45) is 0 Å². The van der Waals surface area contributed by atoms with E-state index in [-0.39, 0.29) is 5.91 Å². The lowest BCUT2D eigenvalue weighted by atomic mass is 10.2. The van der Waals surface area contributed by atoms with Gasteiger partial charge in [0.1, 0.15) is 5.75 Å². The van der Waals surface area contributed by atoms with E-state index in [9.17, 15) is 4.79 Å². The number of anilines is 1. The predicted octanol–water partition coefficient (Wildman–Crippen LogP) is 5.60. The summed E-state index contributed by atoms with van der Waals surface area (Å²) in [6.45, 7) is 4.58. The van der Waals surface area contributed by atoms with Crippen molar-refractivity contribution in [2.45, 2.75) is 20.4 Å². The number of aryl methyl sites for hydroxylation is 1. The summed E-state index contributed by atoms with van der Waals surface area (Å²) in [4.78, 5) is 17.3. The minimum Gasteiger partial charge on any atom is -0.493 e. The van der Waals surface area contributed by atoms with Crippen LogP contribution in [0.5, 0.6) is 17.2 Å². The molecule has 0 atom stereocenters. The molecule has 0 aliphatic carbocycles. The normalized spacial score (nSPS) is 10.6. The summed E-state index contributed by atoms with van der Waals surface area (Å²) >= 11 is 0. The topological polar surface area (TPSA) is 65.4 Å². The van der Waals surface area contributed by atoms with E-state index >= 15 is 0 Å². The molecule has 0 aliphatic rings. The maximum absolute atomic E-state index is 12.9. The van der Waals surface area contributed by atoms with Gasteiger partial charge in [-0.1, -0.05) is 18.2 Å². The Bertz CT molecular complexity index is 1220. The Hall–Kier alpha value is -4.06. The Balaban J connectivity index is 1.46. The molecule has 4 rings (SSSR count). The van der Waals surface area contributed by atoms with Gasteiger partial charge in [0, 0.05) is 23.3 Å². The van der Waals surface area contributed by atoms with Crippen molar-refractivity contribution in [3.8, 4) is 17.2 Å². The molecule has 0 aliphatic heterocycles. The van der Waals surface area contributed by atoms with Gasteiger partial charge in [-0.15, -0.1) is 0 Å². The van der Waals surface area contributed by atoms with Gasteiger partial charge in [0.25, 0.3) is 5.91 Å². The summed E-state index contributed by atoms with van der Waals surface area (Å²) in [6.07, 6.45) is 1.78. The number of methoxy groups -OCH3 is 1. The summed E-state index contributed by atoms with van der Waals surface area (Å²) in [7, 11) is 1.61. The number of pyridine rings is 1. The van der Waals surface area contributed by atoms with Crippen LogP contribution in [0, 0.1) is 13.8 Å². The van der Waals surface area contributed by atoms with Crippen molar-refractivity contribution in [1.82, 2.24) is 9.55 Å². The fourth-order valence-electron chi connectivity index (χ4n) is 3.56. The van der Waals surface area contributed by atoms with Crippen molar-refractivity contribution in [1.29, 1.82) is 0 Å². The minimum atomic E-state index is -0.149. The van der Waals surface area contributed by atoms with E-state index in [0.29, 0.717) is 35.0 Å². The zero-order valence-corrected chi connectivity index (χ0v) is 18.3. The maximum Gasteiger partial charge on any atom is 0.257 e. The highest BCUT2D eigenvalue weighted by Crippen LogP contribution is 2.31. The van der Waals surface area contributed by atoms with Crippen LogP contribution in [0.3, 0.4) is 0 Å². The van der Waals surface area contributed by atoms with Crippen LogP contribution in [0.15, 0.2) is 79.0 Å². The second kappa shape index (κ2) is 9.39. The number of ether oxygens (including phenoxy) is 2. The summed E-state index contributed by atoms with van der Waals surface area (Å²) < 4.78 is 13.3. The lowest BCUT2D eigenvalue weighted by Crippen LogP contribution is -2.13. The monoisotopic (exact) mass is 427 g/mol. The molecule has 6 nitrogen and oxygen atoms in total. The molecule has 4 aromatic rings. The molecule has 0 saturated heterocycles. The zero-order chi connectivity index (χ0) is 22.5. The molecular weight excluding hydrogens is 402 g/mol. The quantitative estimate of drug-likeness (QED) is 0.417. The van der Waals surface area contributed by atoms with Gasteiger partial charge >= 0.3 is 0 Å². The third kappa shape index (κ3) is 4.64. The Morgan fingerprint density at radius 1 is 0.969 bits per heavy atom. The molecule has 0 bridgehead atoms. The molecule has 1 amide bonds. The molecular formula is C26H25N3O3. The van der Waals surface area contributed by atoms with Gasteiger partial charge in [0.2, 0.25) is 0 Å². The average Bonchev–Trinajstić information content (AvgIpc) is 3.10. The molecule has 0 unspecified atom stereocenters. The number of carbonyl (C=O) groups is 1. The van der Waals surface area contributed by atoms with E-state index in [0.717, 1.165) is 17.1 Å². The molecule has 0 saturated carbocycles. The molecule has 0 radical (unpaired) electrons. The van der Waals surface area contributed by atoms with Crippen LogP contribution >= 0.6 is 0 Å². The average molecular weight is 428 g/mol. The number of nitrogens with one attached hydrogen (secondary N) is 1. The summed E-state index contributed by atoms with van der Waals surface area (Å²) in [5.41, 5.74) is 4.21. The number of rotatable bonds is 7. The van der Waals surface area contributed by atoms with Crippen LogP contribution < -0.4 is 14.8 Å². The van der Waals surface area contributed by atoms with Gasteiger partial charge in [-0.3, -0.25) is 9.78 Å². The number of aromatic nitrogens is 2. The summed E-state index contributed by atoms with van der Waals surface area (Å²) in [6, 6.07) is 22.5. The van der Waals surface area contributed by atoms with Crippen molar-refractivity contribution >= 4 is 11.6 Å². The molecule has 162 valence electrons. The number of nitrogens with zero attached hydrogens (tertiary/aromatic N) is 2. The highest BCUT2D eigenvalue weighted by atomic mass is 16.5. The number of carbonyl (C=O) groups excluding carboxylic acids is 1. The van der Waals surface area contributed by atoms with E-state index in [1.807, 2.05) is 86.6 Å². The largest absolute Gasteiger partial charge is 0.493 e. The van der Waals surface area contributed by atoms with E-state index in [4.69, 9.17) is 9.47 Å². The zero-order valence-electron chi connectivity index (χ0n) is 18.3. The van der Waals surface area contributed by atoms with Gasteiger partial charge < -0.3 is 19.4 Å². The van der Waals surface area contributed by atoms with Crippen LogP contribution in [0.1, 0.15) is 27.4 Å². The molecule has 1 N–H and O–H groups in total. The second-order valence-electron chi connectivity index (χ2n) is 7.42. The van der Waals surface area contributed by atoms with Gasteiger partial charge in [-0.2, -0.15) is 0 Å². The van der Waals surface area contributed by atoms with Crippen molar-refractivity contribution in [2.75, 3.05) is 12.4 Å². The molecule has 6 heteroatoms. The smallest absolute Gasteiger partial charge is 0.257 e. The van der Waals surface area contributed by atoms with Crippen molar-refractivity contribution < 1.29 is 14.3 Å². The summed E-state index contributed by atoms with van der Waals surface area (Å²) in [5, 5.41) is 2.97. The molecule has 2 aromatic carbocycles. The van der Waals surface area contributed by atoms with Crippen molar-refractivity contribution in [3.63, 3.8) is 0 Å². The van der Waals surface area contributed by atoms with Crippen LogP contribution in [0.2, 0.25) is 0 Å². The fraction of sp³-hybridized carbons (Fsp3) is 0.154. The number of para-hydroxylation sites is 2. The Morgan fingerprint density at radius 2 is 1.69 bits per heavy atom. The lowest BCUT2D eigenvalue weighted by molar-refractivity contribution is 0.102. The molecule has 2 aromatic heterocycles. The highest BCUT2D eigenvalue weighted by molar-refractivity contribution is 6.05. The fourth-order valence-corrected chi connectivity index (χ4v) is 3.56. The minimum absolute atomic E-state index is 0.149. The molecule has 32 heavy (non-hydrogen) atoms. The molecule has 0 fully saturated rings. The first-order valence-electron chi connectivity index (χ1n) is 10.3. The first-order valence-corrected chi connectivity index (χ1v) is 10.3. The Morgan fingerprint density at radius 3 is 2.38 bits per heavy atom. The molecule has 2 heterocycles. The van der Waals surface area contributed by atoms with Gasteiger partial charge in [-0.05, 0) is 68.4 Å². The van der Waals surface area contributed by atoms with Gasteiger partial charge in [-0.25, -0.2) is 0 Å². The second-order valence-corrected chi connectivity index (χ2v) is 7.42. The molecule has 0 spiro atoms. The third-order valence-electron chi connectivity index (χ3n) is 5.27. The van der Waals surface area contributed by atoms with Crippen LogP contribution in [-0.2, 0) is 6.54 Å². The standard InChI is InChI=1S/C26H25N3O3/c1-18-16-23(19(2)29(18)17-21-8-6-7-15-27-21)26(30)28-20-11-13-22(14-12-20)32-25-10-5-4-9-24(25)31-3/h4-16H,17H2,1-3H3,(H,28,30). The van der Waals surface area contributed by atoms with E-state index < -0.39 is 0 Å². The van der Waals surface area contributed by atoms with E-state index in [1.54, 1.807) is 13.3 Å². The number of hydrogen-bond donors (Lipinski definition) is 1. The van der Waals surface area contributed by atoms with Gasteiger partial charge in [0.05, 0.1) is 24.9 Å². The highest BCUT2D eigenvalue weighted by Gasteiger charge is 2.16. The maximum atomic E-state index is 12.9. The first kappa shape index (κ1) is 21.2. The van der Waals surface area contributed by atoms with Crippen LogP contribution in [-0.4, -0.2) is 22.6 Å². The lowest BCUT2D eigenvalue weighted by Gasteiger charge is -2.11. The van der Waals surface area contributed by atoms with Crippen molar-refractivity contribution in [3.05, 3.63) is 102 Å². The van der Waals surface area contributed by atoms with E-state index in [2.05, 4.69) is 14.9 Å². The van der Waals surface area contributed by atoms with Gasteiger partial charge in [0.15, 0.2) is 11.5 Å². The predicted molar refractivity (Wildman–Crippen MR) is 125 cm³/mol. The SMILES string of the molecule is COc1ccccc1Oc1ccc(NC(=O)c2cc(C)n(Cc3ccccn3)c2C)cc1. The first-order chi connectivity index (χ1) is 15.5. The van der Waals surface area contributed by atoms with E-state index in [1.165, 1.54) is 0 Å². The third-order valence-corrected chi connectivity index (χ3v) is 5.27. The summed E-state index contributed by atoms with van der Waals surface area (Å²) in [5.74, 6) is 1.79. The Labute approximate surface area is 187 Å². The number of amides is 1.